The number of hydrogen-bond acceptors (Lipinski definition) is 6. The Bertz CT molecular complexity index is 992. The van der Waals surface area contributed by atoms with E-state index in [9.17, 15) is 9.59 Å². The van der Waals surface area contributed by atoms with Crippen LogP contribution in [0.3, 0.4) is 0 Å². The Kier molecular flexibility index (Phi) is 8.78. The Hall–Kier alpha value is -1.18. The van der Waals surface area contributed by atoms with Gasteiger partial charge in [-0.1, -0.05) is 27.7 Å². The first kappa shape index (κ1) is 30.8. The third-order valence-corrected chi connectivity index (χ3v) is 13.9. The minimum Gasteiger partial charge on any atom is -0.461 e. The number of nitrogens with zero attached hydrogens (tertiary/aromatic N) is 2. The van der Waals surface area contributed by atoms with Gasteiger partial charge in [-0.15, -0.1) is 0 Å². The molecule has 0 spiro atoms. The number of esters is 2. The molecule has 7 nitrogen and oxygen atoms in total. The number of carbonyl (C=O) groups excluding carboxylic acids is 2. The van der Waals surface area contributed by atoms with E-state index in [4.69, 9.17) is 14.2 Å². The van der Waals surface area contributed by atoms with Crippen LogP contribution in [0, 0.1) is 34.5 Å². The molecular formula is C35H59N2O5+. The maximum Gasteiger partial charge on any atom is 0.306 e. The SMILES string of the molecule is CCC(=O)O[C@H]1C[C@@H]2CC[C@@H]3[C@H](CC[C@@]4(C)[C@H]3C[C@H]([N+]3(C)CCCCC3)[C@@H]4OC(=O)CC)[C@@]2(C)C[C@@H]1N1CCOCC1. The van der Waals surface area contributed by atoms with Crippen molar-refractivity contribution in [2.24, 2.45) is 34.5 Å². The van der Waals surface area contributed by atoms with E-state index in [2.05, 4.69) is 25.8 Å². The van der Waals surface area contributed by atoms with Gasteiger partial charge < -0.3 is 18.7 Å². The highest BCUT2D eigenvalue weighted by Gasteiger charge is 2.67. The molecule has 4 saturated carbocycles. The van der Waals surface area contributed by atoms with Crippen LogP contribution in [0.25, 0.3) is 0 Å². The number of hydrogen-bond donors (Lipinski definition) is 0. The Morgan fingerprint density at radius 3 is 2.26 bits per heavy atom. The van der Waals surface area contributed by atoms with Crippen molar-refractivity contribution >= 4 is 11.9 Å². The summed E-state index contributed by atoms with van der Waals surface area (Å²) in [6.07, 6.45) is 13.1. The lowest BCUT2D eigenvalue weighted by molar-refractivity contribution is -0.940. The van der Waals surface area contributed by atoms with Gasteiger partial charge in [0.1, 0.15) is 12.1 Å². The van der Waals surface area contributed by atoms with Gasteiger partial charge in [-0.05, 0) is 86.9 Å². The average molecular weight is 588 g/mol. The molecule has 6 rings (SSSR count). The molecule has 0 bridgehead atoms. The second-order valence-electron chi connectivity index (χ2n) is 15.8. The number of rotatable bonds is 6. The highest BCUT2D eigenvalue weighted by molar-refractivity contribution is 5.69. The molecule has 2 aliphatic heterocycles. The smallest absolute Gasteiger partial charge is 0.306 e. The topological polar surface area (TPSA) is 65.1 Å². The molecular weight excluding hydrogens is 528 g/mol. The van der Waals surface area contributed by atoms with Gasteiger partial charge in [-0.3, -0.25) is 14.5 Å². The molecule has 6 aliphatic rings. The fourth-order valence-corrected chi connectivity index (χ4v) is 11.5. The van der Waals surface area contributed by atoms with E-state index in [-0.39, 0.29) is 41.0 Å². The van der Waals surface area contributed by atoms with Crippen molar-refractivity contribution in [1.29, 1.82) is 0 Å². The monoisotopic (exact) mass is 587 g/mol. The van der Waals surface area contributed by atoms with Crippen LogP contribution in [0.2, 0.25) is 0 Å². The zero-order valence-corrected chi connectivity index (χ0v) is 27.3. The zero-order valence-electron chi connectivity index (χ0n) is 27.3. The quantitative estimate of drug-likeness (QED) is 0.298. The molecule has 42 heavy (non-hydrogen) atoms. The number of likely N-dealkylation sites (N-methyl/N-ethyl adjacent to an activating group) is 1. The Balaban J connectivity index is 1.29. The van der Waals surface area contributed by atoms with E-state index < -0.39 is 0 Å². The second kappa shape index (κ2) is 12.0. The summed E-state index contributed by atoms with van der Waals surface area (Å²) in [7, 11) is 2.47. The van der Waals surface area contributed by atoms with Crippen LogP contribution in [-0.2, 0) is 23.8 Å². The highest BCUT2D eigenvalue weighted by atomic mass is 16.6. The minimum absolute atomic E-state index is 0.00344. The molecule has 0 amide bonds. The number of morpholine rings is 1. The Morgan fingerprint density at radius 2 is 1.57 bits per heavy atom. The molecule has 238 valence electrons. The van der Waals surface area contributed by atoms with Gasteiger partial charge in [0.25, 0.3) is 0 Å². The first-order valence-electron chi connectivity index (χ1n) is 17.7. The lowest BCUT2D eigenvalue weighted by atomic mass is 9.44. The van der Waals surface area contributed by atoms with Crippen LogP contribution in [0.1, 0.15) is 105 Å². The normalized spacial score (nSPS) is 45.3. The van der Waals surface area contributed by atoms with Crippen molar-refractivity contribution < 1.29 is 28.3 Å². The van der Waals surface area contributed by atoms with Crippen LogP contribution < -0.4 is 0 Å². The van der Waals surface area contributed by atoms with Gasteiger partial charge in [0, 0.05) is 43.8 Å². The van der Waals surface area contributed by atoms with E-state index in [1.165, 1.54) is 58.0 Å². The first-order valence-corrected chi connectivity index (χ1v) is 17.7. The van der Waals surface area contributed by atoms with Crippen LogP contribution in [0.4, 0.5) is 0 Å². The first-order chi connectivity index (χ1) is 20.1. The van der Waals surface area contributed by atoms with Crippen molar-refractivity contribution in [3.8, 4) is 0 Å². The molecule has 2 saturated heterocycles. The predicted octanol–water partition coefficient (Wildman–Crippen LogP) is 5.59. The summed E-state index contributed by atoms with van der Waals surface area (Å²) in [5.41, 5.74) is 0.315. The number of quaternary nitrogens is 1. The van der Waals surface area contributed by atoms with Gasteiger partial charge in [-0.25, -0.2) is 0 Å². The minimum atomic E-state index is -0.0528. The van der Waals surface area contributed by atoms with Crippen molar-refractivity contribution in [3.05, 3.63) is 0 Å². The maximum absolute atomic E-state index is 12.9. The molecule has 0 unspecified atom stereocenters. The predicted molar refractivity (Wildman–Crippen MR) is 163 cm³/mol. The van der Waals surface area contributed by atoms with Gasteiger partial charge in [0.2, 0.25) is 0 Å². The summed E-state index contributed by atoms with van der Waals surface area (Å²) in [5.74, 6) is 2.53. The zero-order chi connectivity index (χ0) is 29.7. The molecule has 0 aromatic rings. The van der Waals surface area contributed by atoms with Gasteiger partial charge in [0.05, 0.1) is 33.4 Å². The van der Waals surface area contributed by atoms with Crippen molar-refractivity contribution in [2.75, 3.05) is 46.4 Å². The van der Waals surface area contributed by atoms with Gasteiger partial charge >= 0.3 is 11.9 Å². The van der Waals surface area contributed by atoms with Gasteiger partial charge in [-0.2, -0.15) is 0 Å². The molecule has 0 aromatic carbocycles. The van der Waals surface area contributed by atoms with Crippen molar-refractivity contribution in [3.63, 3.8) is 0 Å². The molecule has 4 aliphatic carbocycles. The number of ether oxygens (including phenoxy) is 3. The summed E-state index contributed by atoms with van der Waals surface area (Å²) in [5, 5.41) is 0. The van der Waals surface area contributed by atoms with Crippen LogP contribution in [0.15, 0.2) is 0 Å². The highest BCUT2D eigenvalue weighted by Crippen LogP contribution is 2.67. The number of fused-ring (bicyclic) bond motifs is 5. The van der Waals surface area contributed by atoms with Crippen LogP contribution >= 0.6 is 0 Å². The molecule has 10 atom stereocenters. The molecule has 0 N–H and O–H groups in total. The summed E-state index contributed by atoms with van der Waals surface area (Å²) in [6, 6.07) is 0.704. The fourth-order valence-electron chi connectivity index (χ4n) is 11.5. The van der Waals surface area contributed by atoms with Crippen molar-refractivity contribution in [2.45, 2.75) is 129 Å². The number of piperidine rings is 1. The average Bonchev–Trinajstić information content (AvgIpc) is 3.30. The fraction of sp³-hybridized carbons (Fsp3) is 0.943. The second-order valence-corrected chi connectivity index (χ2v) is 15.8. The lowest BCUT2D eigenvalue weighted by Gasteiger charge is -2.62. The standard InChI is InChI=1S/C35H59N2O5/c1-6-31(38)41-30-21-24-11-12-25-26(35(24,4)23-28(30)36-15-19-40-20-16-36)13-14-34(3)27(25)22-29(33(34)42-32(39)7-2)37(5)17-9-8-10-18-37/h24-30,33H,6-23H2,1-5H3/q+1/t24-,25+,26-,27-,28-,29-,30-,33-,34-,35-/m0/s1. The number of carbonyl (C=O) groups is 2. The Morgan fingerprint density at radius 1 is 0.881 bits per heavy atom. The summed E-state index contributed by atoms with van der Waals surface area (Å²) >= 11 is 0. The molecule has 7 heteroatoms. The summed E-state index contributed by atoms with van der Waals surface area (Å²) in [4.78, 5) is 28.0. The van der Waals surface area contributed by atoms with E-state index in [1.807, 2.05) is 13.8 Å². The molecule has 0 aromatic heterocycles. The lowest BCUT2D eigenvalue weighted by Crippen LogP contribution is -2.62. The van der Waals surface area contributed by atoms with Crippen molar-refractivity contribution in [1.82, 2.24) is 4.90 Å². The van der Waals surface area contributed by atoms with Crippen LogP contribution in [-0.4, -0.2) is 92.1 Å². The van der Waals surface area contributed by atoms with Crippen LogP contribution in [0.5, 0.6) is 0 Å². The third-order valence-electron chi connectivity index (χ3n) is 13.9. The number of likely N-dealkylation sites (tertiary alicyclic amines) is 1. The Labute approximate surface area is 255 Å². The third kappa shape index (κ3) is 5.25. The summed E-state index contributed by atoms with van der Waals surface area (Å²) < 4.78 is 19.5. The largest absolute Gasteiger partial charge is 0.461 e. The van der Waals surface area contributed by atoms with E-state index in [0.29, 0.717) is 42.6 Å². The van der Waals surface area contributed by atoms with E-state index >= 15 is 0 Å². The molecule has 6 fully saturated rings. The summed E-state index contributed by atoms with van der Waals surface area (Å²) in [6.45, 7) is 14.8. The molecule has 0 radical (unpaired) electrons. The van der Waals surface area contributed by atoms with E-state index in [1.54, 1.807) is 0 Å². The maximum atomic E-state index is 12.9. The van der Waals surface area contributed by atoms with Gasteiger partial charge in [0.15, 0.2) is 6.10 Å². The van der Waals surface area contributed by atoms with E-state index in [0.717, 1.165) is 50.0 Å². The molecule has 2 heterocycles.